The topological polar surface area (TPSA) is 61.8 Å². The van der Waals surface area contributed by atoms with Crippen LogP contribution in [0, 0.1) is 5.92 Å². The standard InChI is InChI=1S/C17H26N2O3/c1-19(2)10-5-11-22-14-7-3-6-13(12-14)18-17(21)15-8-4-9-16(15)20/h3,6-7,12,15-16,20H,4-5,8-11H2,1-2H3,(H,18,21). The first kappa shape index (κ1) is 16.8. The second-order valence-corrected chi connectivity index (χ2v) is 6.13. The number of nitrogens with one attached hydrogen (secondary N) is 1. The number of hydrogen-bond donors (Lipinski definition) is 2. The molecule has 0 radical (unpaired) electrons. The number of hydrogen-bond acceptors (Lipinski definition) is 4. The molecule has 5 nitrogen and oxygen atoms in total. The van der Waals surface area contributed by atoms with Gasteiger partial charge in [-0.05, 0) is 51.9 Å². The maximum atomic E-state index is 12.2. The summed E-state index contributed by atoms with van der Waals surface area (Å²) in [6.45, 7) is 1.63. The number of carbonyl (C=O) groups is 1. The normalized spacial score (nSPS) is 21.1. The van der Waals surface area contributed by atoms with Gasteiger partial charge in [-0.2, -0.15) is 0 Å². The lowest BCUT2D eigenvalue weighted by Crippen LogP contribution is -2.28. The van der Waals surface area contributed by atoms with Crippen LogP contribution in [0.3, 0.4) is 0 Å². The highest BCUT2D eigenvalue weighted by atomic mass is 16.5. The van der Waals surface area contributed by atoms with E-state index in [0.717, 1.165) is 31.6 Å². The van der Waals surface area contributed by atoms with E-state index in [1.807, 2.05) is 38.4 Å². The molecule has 1 aromatic carbocycles. The molecule has 122 valence electrons. The second-order valence-electron chi connectivity index (χ2n) is 6.13. The van der Waals surface area contributed by atoms with Crippen LogP contribution < -0.4 is 10.1 Å². The van der Waals surface area contributed by atoms with Gasteiger partial charge in [-0.3, -0.25) is 4.79 Å². The van der Waals surface area contributed by atoms with E-state index >= 15 is 0 Å². The van der Waals surface area contributed by atoms with Crippen LogP contribution in [0.1, 0.15) is 25.7 Å². The zero-order valence-corrected chi connectivity index (χ0v) is 13.4. The number of aliphatic hydroxyl groups is 1. The average molecular weight is 306 g/mol. The Bertz CT molecular complexity index is 491. The maximum Gasteiger partial charge on any atom is 0.230 e. The van der Waals surface area contributed by atoms with Crippen molar-refractivity contribution in [1.82, 2.24) is 4.90 Å². The average Bonchev–Trinajstić information content (AvgIpc) is 2.90. The molecular formula is C17H26N2O3. The van der Waals surface area contributed by atoms with Crippen molar-refractivity contribution in [3.63, 3.8) is 0 Å². The van der Waals surface area contributed by atoms with Crippen molar-refractivity contribution in [3.05, 3.63) is 24.3 Å². The molecule has 1 fully saturated rings. The highest BCUT2D eigenvalue weighted by molar-refractivity contribution is 5.93. The fourth-order valence-electron chi connectivity index (χ4n) is 2.72. The largest absolute Gasteiger partial charge is 0.493 e. The van der Waals surface area contributed by atoms with E-state index in [4.69, 9.17) is 4.74 Å². The number of anilines is 1. The number of benzene rings is 1. The van der Waals surface area contributed by atoms with E-state index in [0.29, 0.717) is 18.7 Å². The van der Waals surface area contributed by atoms with E-state index in [1.165, 1.54) is 0 Å². The van der Waals surface area contributed by atoms with Crippen LogP contribution in [0.2, 0.25) is 0 Å². The fraction of sp³-hybridized carbons (Fsp3) is 0.588. The molecule has 5 heteroatoms. The predicted octanol–water partition coefficient (Wildman–Crippen LogP) is 2.12. The number of nitrogens with zero attached hydrogens (tertiary/aromatic N) is 1. The van der Waals surface area contributed by atoms with Gasteiger partial charge in [0.05, 0.1) is 18.6 Å². The number of rotatable bonds is 7. The van der Waals surface area contributed by atoms with Gasteiger partial charge in [-0.1, -0.05) is 6.07 Å². The van der Waals surface area contributed by atoms with Crippen molar-refractivity contribution in [1.29, 1.82) is 0 Å². The molecule has 0 bridgehead atoms. The highest BCUT2D eigenvalue weighted by Gasteiger charge is 2.31. The van der Waals surface area contributed by atoms with Crippen LogP contribution >= 0.6 is 0 Å². The Morgan fingerprint density at radius 3 is 2.91 bits per heavy atom. The fourth-order valence-corrected chi connectivity index (χ4v) is 2.72. The van der Waals surface area contributed by atoms with Gasteiger partial charge in [-0.25, -0.2) is 0 Å². The summed E-state index contributed by atoms with van der Waals surface area (Å²) in [5.74, 6) is 0.364. The van der Waals surface area contributed by atoms with Crippen LogP contribution in [0.15, 0.2) is 24.3 Å². The Morgan fingerprint density at radius 2 is 2.23 bits per heavy atom. The summed E-state index contributed by atoms with van der Waals surface area (Å²) in [7, 11) is 4.07. The van der Waals surface area contributed by atoms with Gasteiger partial charge in [0.2, 0.25) is 5.91 Å². The Labute approximate surface area is 132 Å². The Hall–Kier alpha value is -1.59. The molecule has 1 saturated carbocycles. The molecule has 0 saturated heterocycles. The minimum absolute atomic E-state index is 0.102. The highest BCUT2D eigenvalue weighted by Crippen LogP contribution is 2.27. The van der Waals surface area contributed by atoms with Crippen molar-refractivity contribution in [2.75, 3.05) is 32.6 Å². The smallest absolute Gasteiger partial charge is 0.230 e. The Balaban J connectivity index is 1.84. The van der Waals surface area contributed by atoms with Gasteiger partial charge in [0.25, 0.3) is 0 Å². The third kappa shape index (κ3) is 5.00. The molecule has 2 unspecified atom stereocenters. The van der Waals surface area contributed by atoms with Crippen molar-refractivity contribution in [3.8, 4) is 5.75 Å². The van der Waals surface area contributed by atoms with E-state index in [9.17, 15) is 9.90 Å². The van der Waals surface area contributed by atoms with Crippen molar-refractivity contribution in [2.45, 2.75) is 31.8 Å². The molecular weight excluding hydrogens is 280 g/mol. The van der Waals surface area contributed by atoms with E-state index in [-0.39, 0.29) is 11.8 Å². The number of aliphatic hydroxyl groups excluding tert-OH is 1. The van der Waals surface area contributed by atoms with Crippen LogP contribution in [0.4, 0.5) is 5.69 Å². The Morgan fingerprint density at radius 1 is 1.41 bits per heavy atom. The van der Waals surface area contributed by atoms with Gasteiger partial charge in [0.15, 0.2) is 0 Å². The van der Waals surface area contributed by atoms with E-state index in [1.54, 1.807) is 0 Å². The van der Waals surface area contributed by atoms with E-state index < -0.39 is 6.10 Å². The van der Waals surface area contributed by atoms with Gasteiger partial charge in [0.1, 0.15) is 5.75 Å². The quantitative estimate of drug-likeness (QED) is 0.758. The number of amides is 1. The minimum Gasteiger partial charge on any atom is -0.493 e. The molecule has 1 aromatic rings. The number of ether oxygens (including phenoxy) is 1. The number of carbonyl (C=O) groups excluding carboxylic acids is 1. The first-order chi connectivity index (χ1) is 10.6. The van der Waals surface area contributed by atoms with Crippen molar-refractivity contribution >= 4 is 11.6 Å². The summed E-state index contributed by atoms with van der Waals surface area (Å²) in [6.07, 6.45) is 2.83. The first-order valence-electron chi connectivity index (χ1n) is 7.93. The molecule has 1 aliphatic rings. The summed E-state index contributed by atoms with van der Waals surface area (Å²) in [6, 6.07) is 7.42. The summed E-state index contributed by atoms with van der Waals surface area (Å²) in [5, 5.41) is 12.7. The molecule has 0 aliphatic heterocycles. The van der Waals surface area contributed by atoms with Gasteiger partial charge in [0, 0.05) is 18.3 Å². The summed E-state index contributed by atoms with van der Waals surface area (Å²) >= 11 is 0. The van der Waals surface area contributed by atoms with Crippen molar-refractivity contribution in [2.24, 2.45) is 5.92 Å². The summed E-state index contributed by atoms with van der Waals surface area (Å²) in [4.78, 5) is 14.3. The predicted molar refractivity (Wildman–Crippen MR) is 87.1 cm³/mol. The van der Waals surface area contributed by atoms with E-state index in [2.05, 4.69) is 10.2 Å². The lowest BCUT2D eigenvalue weighted by Gasteiger charge is -2.15. The van der Waals surface area contributed by atoms with Gasteiger partial charge < -0.3 is 20.1 Å². The SMILES string of the molecule is CN(C)CCCOc1cccc(NC(=O)C2CCCC2O)c1. The lowest BCUT2D eigenvalue weighted by atomic mass is 10.1. The second kappa shape index (κ2) is 8.15. The third-order valence-corrected chi connectivity index (χ3v) is 3.94. The molecule has 0 heterocycles. The van der Waals surface area contributed by atoms with Gasteiger partial charge >= 0.3 is 0 Å². The molecule has 22 heavy (non-hydrogen) atoms. The molecule has 2 atom stereocenters. The van der Waals surface area contributed by atoms with Crippen molar-refractivity contribution < 1.29 is 14.6 Å². The van der Waals surface area contributed by atoms with Gasteiger partial charge in [-0.15, -0.1) is 0 Å². The molecule has 1 aliphatic carbocycles. The zero-order chi connectivity index (χ0) is 15.9. The molecule has 1 amide bonds. The lowest BCUT2D eigenvalue weighted by molar-refractivity contribution is -0.122. The first-order valence-corrected chi connectivity index (χ1v) is 7.93. The molecule has 0 spiro atoms. The monoisotopic (exact) mass is 306 g/mol. The summed E-state index contributed by atoms with van der Waals surface area (Å²) in [5.41, 5.74) is 0.717. The zero-order valence-electron chi connectivity index (χ0n) is 13.4. The summed E-state index contributed by atoms with van der Waals surface area (Å²) < 4.78 is 5.70. The molecule has 2 rings (SSSR count). The third-order valence-electron chi connectivity index (χ3n) is 3.94. The molecule has 2 N–H and O–H groups in total. The van der Waals surface area contributed by atoms with Crippen LogP contribution in [0.25, 0.3) is 0 Å². The van der Waals surface area contributed by atoms with Crippen LogP contribution in [-0.2, 0) is 4.79 Å². The minimum atomic E-state index is -0.509. The van der Waals surface area contributed by atoms with Crippen LogP contribution in [0.5, 0.6) is 5.75 Å². The molecule has 0 aromatic heterocycles. The van der Waals surface area contributed by atoms with Crippen LogP contribution in [-0.4, -0.2) is 49.3 Å². The maximum absolute atomic E-state index is 12.2. The Kier molecular flexibility index (Phi) is 6.21.